The first kappa shape index (κ1) is 39.9. The Hall–Kier alpha value is -3.86. The van der Waals surface area contributed by atoms with Crippen molar-refractivity contribution in [2.24, 2.45) is 11.7 Å². The molecule has 0 saturated carbocycles. The second-order valence-electron chi connectivity index (χ2n) is 11.5. The van der Waals surface area contributed by atoms with E-state index in [1.165, 1.54) is 71.2 Å². The summed E-state index contributed by atoms with van der Waals surface area (Å²) in [4.78, 5) is 85.6. The predicted molar refractivity (Wildman–Crippen MR) is 185 cm³/mol. The maximum atomic E-state index is 14.0. The summed E-state index contributed by atoms with van der Waals surface area (Å²) < 4.78 is 2.11. The van der Waals surface area contributed by atoms with Crippen LogP contribution in [-0.4, -0.2) is 83.7 Å². The van der Waals surface area contributed by atoms with Gasteiger partial charge in [-0.1, -0.05) is 30.5 Å². The van der Waals surface area contributed by atoms with Crippen molar-refractivity contribution in [2.75, 3.05) is 28.3 Å². The zero-order chi connectivity index (χ0) is 36.3. The smallest absolute Gasteiger partial charge is 0.543 e. The van der Waals surface area contributed by atoms with Gasteiger partial charge < -0.3 is 31.4 Å². The summed E-state index contributed by atoms with van der Waals surface area (Å²) in [6.45, 7) is 5.76. The molecule has 2 unspecified atom stereocenters. The maximum Gasteiger partial charge on any atom is 1.00 e. The molecule has 8 N–H and O–H groups in total. The van der Waals surface area contributed by atoms with E-state index in [1.807, 2.05) is 13.8 Å². The number of hydrogen-bond donors (Lipinski definition) is 7. The van der Waals surface area contributed by atoms with Crippen LogP contribution in [0.4, 0.5) is 16.4 Å². The number of phenols is 1. The van der Waals surface area contributed by atoms with Crippen molar-refractivity contribution in [3.63, 3.8) is 0 Å². The van der Waals surface area contributed by atoms with Crippen molar-refractivity contribution in [1.29, 1.82) is 0 Å². The number of aromatic nitrogens is 2. The Bertz CT molecular complexity index is 1830. The van der Waals surface area contributed by atoms with Gasteiger partial charge in [0.2, 0.25) is 17.8 Å². The van der Waals surface area contributed by atoms with Crippen LogP contribution in [0, 0.1) is 5.92 Å². The molecule has 0 spiro atoms. The number of carbonyl (C=O) groups is 5. The van der Waals surface area contributed by atoms with Crippen LogP contribution in [0.5, 0.6) is 5.75 Å². The first-order chi connectivity index (χ1) is 23.7. The van der Waals surface area contributed by atoms with E-state index in [9.17, 15) is 39.0 Å². The van der Waals surface area contributed by atoms with Gasteiger partial charge in [0.05, 0.1) is 22.1 Å². The number of carboxylic acid groups (broad SMARTS) is 1. The molecule has 1 fully saturated rings. The molecule has 2 aromatic rings. The summed E-state index contributed by atoms with van der Waals surface area (Å²) in [6.07, 6.45) is 2.72. The van der Waals surface area contributed by atoms with Gasteiger partial charge in [0.25, 0.3) is 11.5 Å². The van der Waals surface area contributed by atoms with E-state index in [4.69, 9.17) is 5.73 Å². The summed E-state index contributed by atoms with van der Waals surface area (Å²) >= 11 is 3.70. The molecule has 3 aliphatic heterocycles. The van der Waals surface area contributed by atoms with Crippen LogP contribution in [0.2, 0.25) is 0 Å². The van der Waals surface area contributed by atoms with Crippen molar-refractivity contribution >= 4 is 76.8 Å². The van der Waals surface area contributed by atoms with Gasteiger partial charge in [-0.25, -0.2) is 9.78 Å². The molecule has 3 aliphatic rings. The number of hydrazine groups is 2. The molecule has 266 valence electrons. The van der Waals surface area contributed by atoms with Crippen LogP contribution in [0.1, 0.15) is 32.4 Å². The number of thioether (sulfide) groups is 2. The molecule has 22 heteroatoms. The van der Waals surface area contributed by atoms with Crippen LogP contribution >= 0.6 is 35.5 Å². The molecule has 51 heavy (non-hydrogen) atoms. The van der Waals surface area contributed by atoms with Crippen LogP contribution in [-0.2, 0) is 19.2 Å². The number of nitrogens with one attached hydrogen (secondary N) is 5. The number of nitrogens with zero attached hydrogens (tertiary/aromatic N) is 4. The molecule has 18 nitrogen and oxygen atoms in total. The molecule has 5 amide bonds. The minimum absolute atomic E-state index is 0. The number of carbonyl (C=O) groups excluding carboxylic acids is 5. The Morgan fingerprint density at radius 3 is 2.53 bits per heavy atom. The number of benzene rings is 1. The van der Waals surface area contributed by atoms with Gasteiger partial charge in [0.15, 0.2) is 0 Å². The van der Waals surface area contributed by atoms with Crippen molar-refractivity contribution < 1.29 is 63.7 Å². The number of phenolic OH excluding ortho intramolecular Hbond substituents is 1. The number of nitrogens with two attached hydrogens (primary N) is 1. The first-order valence-electron chi connectivity index (χ1n) is 15.0. The van der Waals surface area contributed by atoms with Gasteiger partial charge in [0.1, 0.15) is 28.9 Å². The number of hydrogen-bond acceptors (Lipinski definition) is 15. The minimum Gasteiger partial charge on any atom is -0.543 e. The number of aromatic hydroxyl groups is 1. The average Bonchev–Trinajstić information content (AvgIpc) is 3.50. The maximum absolute atomic E-state index is 14.0. The molecule has 0 bridgehead atoms. The fourth-order valence-corrected chi connectivity index (χ4v) is 8.45. The molecule has 1 aromatic carbocycles. The number of rotatable bonds is 13. The third kappa shape index (κ3) is 9.15. The second-order valence-corrected chi connectivity index (χ2v) is 14.9. The van der Waals surface area contributed by atoms with E-state index in [2.05, 4.69) is 31.5 Å². The fraction of sp³-hybridized carbons (Fsp3) is 0.345. The van der Waals surface area contributed by atoms with E-state index in [1.54, 1.807) is 6.20 Å². The first-order valence-corrected chi connectivity index (χ1v) is 17.8. The summed E-state index contributed by atoms with van der Waals surface area (Å²) in [5.41, 5.74) is 10.2. The van der Waals surface area contributed by atoms with Crippen LogP contribution < -0.4 is 72.3 Å². The standard InChI is InChI=1S/C29H34N10O8S3.Na/c1-13(2)8-31-29-32-9-18(23(42)35-29)37(28(30)47)21(15-4-6-17(41)7-5-15)24(43)34-20-25(44)38-22(27(45)46)16(12-49-26(20)38)11-48-19-10-33-39(50-19)36-14(3)40;/h4-7,9-10,13,20-21,26,33,41H,8,11-12H2,1-3H3,(H2,30,47)(H,34,43)(H,36,40)(H,45,46)(H2,31,32,35,42);/q;+1/p-1/t20?,21?,26-;/m0./s1. The number of primary amides is 1. The molecule has 1 saturated heterocycles. The van der Waals surface area contributed by atoms with E-state index in [0.717, 1.165) is 20.2 Å². The van der Waals surface area contributed by atoms with Gasteiger partial charge in [-0.2, -0.15) is 0 Å². The average molecular weight is 769 g/mol. The summed E-state index contributed by atoms with van der Waals surface area (Å²) in [7, 11) is 0. The van der Waals surface area contributed by atoms with Gasteiger partial charge in [-0.3, -0.25) is 44.8 Å². The number of aliphatic carboxylic acids is 1. The van der Waals surface area contributed by atoms with Crippen LogP contribution in [0.25, 0.3) is 0 Å². The van der Waals surface area contributed by atoms with Crippen LogP contribution in [0.3, 0.4) is 0 Å². The normalized spacial score (nSPS) is 18.8. The van der Waals surface area contributed by atoms with Crippen molar-refractivity contribution in [1.82, 2.24) is 35.6 Å². The molecule has 0 radical (unpaired) electrons. The fourth-order valence-electron chi connectivity index (χ4n) is 5.10. The third-order valence-corrected chi connectivity index (χ3v) is 10.8. The molecule has 0 aliphatic carbocycles. The summed E-state index contributed by atoms with van der Waals surface area (Å²) in [5.74, 6) is -2.85. The number of amides is 5. The Labute approximate surface area is 326 Å². The number of anilines is 2. The number of H-pyrrole nitrogens is 1. The van der Waals surface area contributed by atoms with Gasteiger partial charge in [-0.05, 0) is 29.2 Å². The zero-order valence-corrected chi connectivity index (χ0v) is 32.2. The third-order valence-electron chi connectivity index (χ3n) is 7.34. The Morgan fingerprint density at radius 2 is 1.92 bits per heavy atom. The monoisotopic (exact) mass is 768 g/mol. The topological polar surface area (TPSA) is 258 Å². The van der Waals surface area contributed by atoms with Gasteiger partial charge >= 0.3 is 35.6 Å². The molecule has 5 rings (SSSR count). The Kier molecular flexibility index (Phi) is 13.4. The van der Waals surface area contributed by atoms with Gasteiger partial charge in [-0.15, -0.1) is 23.5 Å². The van der Waals surface area contributed by atoms with Crippen LogP contribution in [0.15, 0.2) is 57.0 Å². The number of carboxylic acids is 1. The van der Waals surface area contributed by atoms with E-state index in [-0.39, 0.29) is 81.5 Å². The SMILES string of the molecule is CC(=O)NN1NC=C(SCC2=C(C(=O)[O-])N3C(=O)C(NC(=O)C(c4ccc(O)cc4)N(C(N)=O)c4cnc(NCC(C)C)[nH]c4=O)[C@@H]3SC2)S1.[Na+]. The number of urea groups is 1. The van der Waals surface area contributed by atoms with Crippen molar-refractivity contribution in [3.8, 4) is 5.75 Å². The summed E-state index contributed by atoms with van der Waals surface area (Å²) in [5, 5.41) is 26.9. The quantitative estimate of drug-likeness (QED) is 0.0597. The van der Waals surface area contributed by atoms with E-state index < -0.39 is 46.8 Å². The van der Waals surface area contributed by atoms with Crippen molar-refractivity contribution in [2.45, 2.75) is 38.2 Å². The largest absolute Gasteiger partial charge is 1.00 e. The van der Waals surface area contributed by atoms with E-state index in [0.29, 0.717) is 12.1 Å². The predicted octanol–water partition coefficient (Wildman–Crippen LogP) is -3.37. The number of aromatic amines is 1. The molecular formula is C29H33N10NaO8S3. The minimum atomic E-state index is -1.60. The second kappa shape index (κ2) is 17.1. The van der Waals surface area contributed by atoms with Crippen molar-refractivity contribution in [3.05, 3.63) is 68.1 Å². The number of fused-ring (bicyclic) bond motifs is 1. The summed E-state index contributed by atoms with van der Waals surface area (Å²) in [6, 6.07) is 1.26. The number of β-lactam (4-membered cyclic amide) rings is 1. The Morgan fingerprint density at radius 1 is 1.22 bits per heavy atom. The molecule has 3 atom stereocenters. The van der Waals surface area contributed by atoms with E-state index >= 15 is 0 Å². The molecular weight excluding hydrogens is 736 g/mol. The molecule has 1 aromatic heterocycles. The zero-order valence-electron chi connectivity index (χ0n) is 27.8. The Balaban J connectivity index is 0.00000583. The van der Waals surface area contributed by atoms with Gasteiger partial charge in [0, 0.05) is 43.1 Å². The molecule has 4 heterocycles.